The molecule has 0 amide bonds. The maximum Gasteiger partial charge on any atom is 0.152 e. The first-order chi connectivity index (χ1) is 9.79. The third-order valence-electron chi connectivity index (χ3n) is 3.87. The second-order valence-corrected chi connectivity index (χ2v) is 6.92. The molecule has 0 radical (unpaired) electrons. The van der Waals surface area contributed by atoms with Crippen LogP contribution in [0, 0.1) is 5.92 Å². The number of hydrogen-bond donors (Lipinski definition) is 1. The predicted octanol–water partition coefficient (Wildman–Crippen LogP) is 4.88. The molecular weight excluding hydrogens is 290 g/mol. The fraction of sp³-hybridized carbons (Fsp3) is 0.500. The Morgan fingerprint density at radius 3 is 3.10 bits per heavy atom. The van der Waals surface area contributed by atoms with Gasteiger partial charge in [-0.25, -0.2) is 0 Å². The van der Waals surface area contributed by atoms with E-state index in [0.29, 0.717) is 17.0 Å². The Labute approximate surface area is 129 Å². The van der Waals surface area contributed by atoms with Crippen molar-refractivity contribution in [2.45, 2.75) is 25.8 Å². The Balaban J connectivity index is 1.93. The van der Waals surface area contributed by atoms with Gasteiger partial charge in [0.15, 0.2) is 5.58 Å². The van der Waals surface area contributed by atoms with Crippen LogP contribution in [0.2, 0.25) is 5.02 Å². The van der Waals surface area contributed by atoms with Crippen LogP contribution in [0.1, 0.15) is 31.6 Å². The number of benzene rings is 1. The molecule has 108 valence electrons. The number of para-hydroxylation sites is 1. The van der Waals surface area contributed by atoms with E-state index in [1.54, 1.807) is 0 Å². The van der Waals surface area contributed by atoms with Gasteiger partial charge in [-0.15, -0.1) is 0 Å². The SMILES string of the molecule is CCCNC(c1cc2cccc(Cl)c2o1)C1CCSC1. The summed E-state index contributed by atoms with van der Waals surface area (Å²) in [6.07, 6.45) is 2.40. The van der Waals surface area contributed by atoms with E-state index in [-0.39, 0.29) is 0 Å². The molecule has 1 N–H and O–H groups in total. The maximum atomic E-state index is 6.22. The Morgan fingerprint density at radius 2 is 2.40 bits per heavy atom. The summed E-state index contributed by atoms with van der Waals surface area (Å²) in [5.41, 5.74) is 0.818. The summed E-state index contributed by atoms with van der Waals surface area (Å²) in [7, 11) is 0. The molecular formula is C16H20ClNOS. The van der Waals surface area contributed by atoms with Crippen molar-refractivity contribution in [3.8, 4) is 0 Å². The van der Waals surface area contributed by atoms with E-state index in [2.05, 4.69) is 24.4 Å². The number of nitrogens with one attached hydrogen (secondary N) is 1. The summed E-state index contributed by atoms with van der Waals surface area (Å²) in [5.74, 6) is 4.17. The van der Waals surface area contributed by atoms with Gasteiger partial charge in [0, 0.05) is 5.39 Å². The second kappa shape index (κ2) is 6.42. The van der Waals surface area contributed by atoms with Crippen molar-refractivity contribution in [1.29, 1.82) is 0 Å². The molecule has 1 aliphatic heterocycles. The monoisotopic (exact) mass is 309 g/mol. The van der Waals surface area contributed by atoms with Gasteiger partial charge in [0.2, 0.25) is 0 Å². The average Bonchev–Trinajstić information content (AvgIpc) is 3.09. The van der Waals surface area contributed by atoms with Crippen LogP contribution in [0.25, 0.3) is 11.0 Å². The van der Waals surface area contributed by atoms with E-state index < -0.39 is 0 Å². The van der Waals surface area contributed by atoms with Crippen molar-refractivity contribution in [1.82, 2.24) is 5.32 Å². The molecule has 0 bridgehead atoms. The molecule has 2 unspecified atom stereocenters. The molecule has 3 rings (SSSR count). The molecule has 2 atom stereocenters. The van der Waals surface area contributed by atoms with Crippen molar-refractivity contribution >= 4 is 34.3 Å². The third kappa shape index (κ3) is 2.85. The molecule has 1 saturated heterocycles. The first-order valence-electron chi connectivity index (χ1n) is 7.28. The van der Waals surface area contributed by atoms with Crippen LogP contribution in [-0.4, -0.2) is 18.1 Å². The normalized spacial score (nSPS) is 20.6. The minimum absolute atomic E-state index is 0.313. The summed E-state index contributed by atoms with van der Waals surface area (Å²) in [6, 6.07) is 8.39. The standard InChI is InChI=1S/C16H20ClNOS/c1-2-7-18-15(12-6-8-20-10-12)14-9-11-4-3-5-13(17)16(11)19-14/h3-5,9,12,15,18H,2,6-8,10H2,1H3. The number of thioether (sulfide) groups is 1. The number of fused-ring (bicyclic) bond motifs is 1. The number of halogens is 1. The van der Waals surface area contributed by atoms with Gasteiger partial charge >= 0.3 is 0 Å². The zero-order valence-electron chi connectivity index (χ0n) is 11.7. The van der Waals surface area contributed by atoms with Crippen molar-refractivity contribution in [3.63, 3.8) is 0 Å². The van der Waals surface area contributed by atoms with Gasteiger partial charge in [-0.1, -0.05) is 30.7 Å². The van der Waals surface area contributed by atoms with Gasteiger partial charge in [0.1, 0.15) is 5.76 Å². The lowest BCUT2D eigenvalue weighted by atomic mass is 9.96. The molecule has 20 heavy (non-hydrogen) atoms. The molecule has 0 aliphatic carbocycles. The Kier molecular flexibility index (Phi) is 4.59. The molecule has 1 aliphatic rings. The number of furan rings is 1. The van der Waals surface area contributed by atoms with Crippen LogP contribution < -0.4 is 5.32 Å². The lowest BCUT2D eigenvalue weighted by molar-refractivity contribution is 0.339. The molecule has 1 aromatic carbocycles. The van der Waals surface area contributed by atoms with Crippen LogP contribution in [-0.2, 0) is 0 Å². The highest BCUT2D eigenvalue weighted by Gasteiger charge is 2.29. The molecule has 2 heterocycles. The van der Waals surface area contributed by atoms with Crippen molar-refractivity contribution < 1.29 is 4.42 Å². The van der Waals surface area contributed by atoms with Gasteiger partial charge in [-0.3, -0.25) is 0 Å². The fourth-order valence-corrected chi connectivity index (χ4v) is 4.33. The van der Waals surface area contributed by atoms with E-state index in [9.17, 15) is 0 Å². The number of hydrogen-bond acceptors (Lipinski definition) is 3. The van der Waals surface area contributed by atoms with Gasteiger partial charge in [-0.2, -0.15) is 11.8 Å². The number of rotatable bonds is 5. The van der Waals surface area contributed by atoms with Gasteiger partial charge in [0.05, 0.1) is 11.1 Å². The highest BCUT2D eigenvalue weighted by Crippen LogP contribution is 2.37. The first-order valence-corrected chi connectivity index (χ1v) is 8.82. The van der Waals surface area contributed by atoms with Crippen molar-refractivity contribution in [2.24, 2.45) is 5.92 Å². The Bertz CT molecular complexity index is 577. The molecule has 0 spiro atoms. The van der Waals surface area contributed by atoms with Crippen molar-refractivity contribution in [3.05, 3.63) is 35.0 Å². The predicted molar refractivity (Wildman–Crippen MR) is 87.7 cm³/mol. The van der Waals surface area contributed by atoms with E-state index in [1.807, 2.05) is 23.9 Å². The zero-order chi connectivity index (χ0) is 13.9. The van der Waals surface area contributed by atoms with Crippen LogP contribution in [0.5, 0.6) is 0 Å². The van der Waals surface area contributed by atoms with Gasteiger partial charge < -0.3 is 9.73 Å². The average molecular weight is 310 g/mol. The van der Waals surface area contributed by atoms with Crippen molar-refractivity contribution in [2.75, 3.05) is 18.1 Å². The minimum atomic E-state index is 0.313. The van der Waals surface area contributed by atoms with E-state index in [0.717, 1.165) is 29.7 Å². The fourth-order valence-electron chi connectivity index (χ4n) is 2.82. The highest BCUT2D eigenvalue weighted by molar-refractivity contribution is 7.99. The molecule has 2 aromatic rings. The summed E-state index contributed by atoms with van der Waals surface area (Å²) < 4.78 is 6.07. The quantitative estimate of drug-likeness (QED) is 0.852. The lowest BCUT2D eigenvalue weighted by Gasteiger charge is -2.22. The molecule has 1 fully saturated rings. The van der Waals surface area contributed by atoms with E-state index >= 15 is 0 Å². The molecule has 1 aromatic heterocycles. The second-order valence-electron chi connectivity index (χ2n) is 5.36. The van der Waals surface area contributed by atoms with Crippen LogP contribution in [0.15, 0.2) is 28.7 Å². The summed E-state index contributed by atoms with van der Waals surface area (Å²) in [4.78, 5) is 0. The molecule has 2 nitrogen and oxygen atoms in total. The van der Waals surface area contributed by atoms with Crippen LogP contribution in [0.3, 0.4) is 0 Å². The van der Waals surface area contributed by atoms with E-state index in [4.69, 9.17) is 16.0 Å². The highest BCUT2D eigenvalue weighted by atomic mass is 35.5. The molecule has 0 saturated carbocycles. The third-order valence-corrected chi connectivity index (χ3v) is 5.36. The summed E-state index contributed by atoms with van der Waals surface area (Å²) in [5, 5.41) is 5.45. The summed E-state index contributed by atoms with van der Waals surface area (Å²) in [6.45, 7) is 3.22. The molecule has 4 heteroatoms. The van der Waals surface area contributed by atoms with Gasteiger partial charge in [0.25, 0.3) is 0 Å². The topological polar surface area (TPSA) is 25.2 Å². The smallest absolute Gasteiger partial charge is 0.152 e. The van der Waals surface area contributed by atoms with Crippen LogP contribution in [0.4, 0.5) is 0 Å². The Morgan fingerprint density at radius 1 is 1.50 bits per heavy atom. The first kappa shape index (κ1) is 14.3. The van der Waals surface area contributed by atoms with Gasteiger partial charge in [-0.05, 0) is 48.9 Å². The zero-order valence-corrected chi connectivity index (χ0v) is 13.3. The largest absolute Gasteiger partial charge is 0.458 e. The lowest BCUT2D eigenvalue weighted by Crippen LogP contribution is -2.28. The van der Waals surface area contributed by atoms with Crippen LogP contribution >= 0.6 is 23.4 Å². The Hall–Kier alpha value is -0.640. The maximum absolute atomic E-state index is 6.22. The summed E-state index contributed by atoms with van der Waals surface area (Å²) >= 11 is 8.26. The minimum Gasteiger partial charge on any atom is -0.458 e. The van der Waals surface area contributed by atoms with E-state index in [1.165, 1.54) is 17.9 Å².